The molecule has 4 N–H and O–H groups in total. The average molecular weight is 501 g/mol. The highest BCUT2D eigenvalue weighted by Gasteiger charge is 2.27. The van der Waals surface area contributed by atoms with E-state index in [2.05, 4.69) is 15.2 Å². The van der Waals surface area contributed by atoms with Crippen molar-refractivity contribution in [1.29, 1.82) is 0 Å². The van der Waals surface area contributed by atoms with Gasteiger partial charge >= 0.3 is 6.16 Å². The highest BCUT2D eigenvalue weighted by atomic mass is 16.8. The molecule has 5 rings (SSSR count). The second kappa shape index (κ2) is 11.6. The molecule has 3 aliphatic rings. The van der Waals surface area contributed by atoms with E-state index >= 15 is 0 Å². The Kier molecular flexibility index (Phi) is 8.05. The number of carbonyl (C=O) groups is 1. The van der Waals surface area contributed by atoms with Gasteiger partial charge in [-0.1, -0.05) is 19.8 Å². The first-order chi connectivity index (χ1) is 17.6. The molecule has 0 bridgehead atoms. The van der Waals surface area contributed by atoms with E-state index in [1.54, 1.807) is 5.06 Å². The molecule has 11 nitrogen and oxygen atoms in total. The first-order valence-electron chi connectivity index (χ1n) is 13.7. The van der Waals surface area contributed by atoms with Gasteiger partial charge in [0.1, 0.15) is 0 Å². The fourth-order valence-electron chi connectivity index (χ4n) is 5.58. The number of aromatic nitrogens is 4. The molecule has 0 atom stereocenters. The minimum Gasteiger partial charge on any atom is -0.433 e. The Labute approximate surface area is 212 Å². The van der Waals surface area contributed by atoms with Crippen molar-refractivity contribution >= 4 is 29.1 Å². The summed E-state index contributed by atoms with van der Waals surface area (Å²) in [7, 11) is 0. The summed E-state index contributed by atoms with van der Waals surface area (Å²) in [6.07, 6.45) is 12.7. The Balaban J connectivity index is 1.29. The van der Waals surface area contributed by atoms with E-state index in [1.165, 1.54) is 25.7 Å². The number of imidazole rings is 1. The summed E-state index contributed by atoms with van der Waals surface area (Å²) >= 11 is 0. The molecule has 0 amide bonds. The van der Waals surface area contributed by atoms with Gasteiger partial charge in [0.05, 0.1) is 12.9 Å². The number of hydroxylamine groups is 2. The number of nitrogens with one attached hydrogen (secondary N) is 2. The van der Waals surface area contributed by atoms with Crippen LogP contribution in [-0.4, -0.2) is 68.6 Å². The van der Waals surface area contributed by atoms with Crippen LogP contribution in [-0.2, 0) is 9.57 Å². The number of piperidine rings is 1. The fraction of sp³-hybridized carbons (Fsp3) is 0.760. The van der Waals surface area contributed by atoms with Crippen LogP contribution in [0.3, 0.4) is 0 Å². The molecule has 0 aromatic carbocycles. The lowest BCUT2D eigenvalue weighted by atomic mass is 9.92. The lowest BCUT2D eigenvalue weighted by Gasteiger charge is -2.31. The van der Waals surface area contributed by atoms with Gasteiger partial charge in [-0.2, -0.15) is 9.97 Å². The molecule has 1 saturated heterocycles. The van der Waals surface area contributed by atoms with Crippen LogP contribution in [0.4, 0.5) is 16.6 Å². The first kappa shape index (κ1) is 25.0. The summed E-state index contributed by atoms with van der Waals surface area (Å²) in [5, 5.41) is 8.90. The molecule has 2 saturated carbocycles. The Morgan fingerprint density at radius 2 is 1.75 bits per heavy atom. The minimum absolute atomic E-state index is 0.201. The van der Waals surface area contributed by atoms with E-state index < -0.39 is 6.16 Å². The van der Waals surface area contributed by atoms with Crippen molar-refractivity contribution in [3.05, 3.63) is 6.33 Å². The zero-order chi connectivity index (χ0) is 24.9. The summed E-state index contributed by atoms with van der Waals surface area (Å²) in [5.41, 5.74) is 7.82. The number of hydrogen-bond donors (Lipinski definition) is 3. The molecular weight excluding hydrogens is 460 g/mol. The molecular formula is C25H40N8O3. The Bertz CT molecular complexity index is 1010. The molecule has 0 unspecified atom stereocenters. The van der Waals surface area contributed by atoms with Gasteiger partial charge < -0.3 is 30.5 Å². The number of rotatable bonds is 8. The van der Waals surface area contributed by atoms with Crippen molar-refractivity contribution in [3.8, 4) is 0 Å². The van der Waals surface area contributed by atoms with Gasteiger partial charge in [-0.05, 0) is 57.8 Å². The molecule has 2 aliphatic carbocycles. The molecule has 1 aliphatic heterocycles. The smallest absolute Gasteiger partial charge is 0.433 e. The Morgan fingerprint density at radius 3 is 2.47 bits per heavy atom. The van der Waals surface area contributed by atoms with Crippen molar-refractivity contribution in [3.63, 3.8) is 0 Å². The van der Waals surface area contributed by atoms with Crippen LogP contribution in [0.1, 0.15) is 83.6 Å². The van der Waals surface area contributed by atoms with E-state index in [-0.39, 0.29) is 6.04 Å². The van der Waals surface area contributed by atoms with Crippen LogP contribution in [0.15, 0.2) is 6.33 Å². The Morgan fingerprint density at radius 1 is 1.03 bits per heavy atom. The molecule has 3 fully saturated rings. The zero-order valence-electron chi connectivity index (χ0n) is 21.3. The summed E-state index contributed by atoms with van der Waals surface area (Å²) in [6.45, 7) is 3.60. The minimum atomic E-state index is -0.627. The summed E-state index contributed by atoms with van der Waals surface area (Å²) in [4.78, 5) is 31.7. The van der Waals surface area contributed by atoms with Gasteiger partial charge in [0.2, 0.25) is 5.95 Å². The standard InChI is InChI=1S/C25H40N8O3/c1-2-15-35-25(34)36-32-13-11-19(12-14-32)28-22-21-23(33(16-27-21)20-5-3-4-6-20)31-24(30-22)29-18-9-7-17(26)8-10-18/h16-20H,2-15,26H2,1H3,(H2,28,29,30,31). The average Bonchev–Trinajstić information content (AvgIpc) is 3.55. The number of anilines is 2. The molecule has 11 heteroatoms. The van der Waals surface area contributed by atoms with Crippen molar-refractivity contribution in [1.82, 2.24) is 24.6 Å². The van der Waals surface area contributed by atoms with Crippen molar-refractivity contribution in [2.75, 3.05) is 30.3 Å². The summed E-state index contributed by atoms with van der Waals surface area (Å²) in [6, 6.07) is 1.29. The molecule has 0 radical (unpaired) electrons. The predicted octanol–water partition coefficient (Wildman–Crippen LogP) is 3.98. The van der Waals surface area contributed by atoms with Gasteiger partial charge in [0.15, 0.2) is 17.0 Å². The van der Waals surface area contributed by atoms with Crippen molar-refractivity contribution in [2.45, 2.75) is 102 Å². The normalized spacial score (nSPS) is 24.2. The highest BCUT2D eigenvalue weighted by Crippen LogP contribution is 2.34. The zero-order valence-corrected chi connectivity index (χ0v) is 21.3. The predicted molar refractivity (Wildman–Crippen MR) is 138 cm³/mol. The van der Waals surface area contributed by atoms with E-state index in [9.17, 15) is 4.79 Å². The third kappa shape index (κ3) is 6.00. The van der Waals surface area contributed by atoms with Crippen LogP contribution >= 0.6 is 0 Å². The first-order valence-corrected chi connectivity index (χ1v) is 13.7. The summed E-state index contributed by atoms with van der Waals surface area (Å²) < 4.78 is 7.28. The largest absolute Gasteiger partial charge is 0.527 e. The van der Waals surface area contributed by atoms with E-state index in [4.69, 9.17) is 30.3 Å². The maximum absolute atomic E-state index is 11.8. The molecule has 198 valence electrons. The molecule has 2 aromatic rings. The molecule has 2 aromatic heterocycles. The number of ether oxygens (including phenoxy) is 1. The fourth-order valence-corrected chi connectivity index (χ4v) is 5.58. The van der Waals surface area contributed by atoms with Crippen LogP contribution < -0.4 is 16.4 Å². The topological polar surface area (TPSA) is 132 Å². The summed E-state index contributed by atoms with van der Waals surface area (Å²) in [5.74, 6) is 1.43. The number of carbonyl (C=O) groups excluding carboxylic acids is 1. The van der Waals surface area contributed by atoms with Gasteiger partial charge in [-0.15, -0.1) is 5.06 Å². The van der Waals surface area contributed by atoms with Gasteiger partial charge in [-0.3, -0.25) is 0 Å². The van der Waals surface area contributed by atoms with E-state index in [1.807, 2.05) is 13.3 Å². The number of fused-ring (bicyclic) bond motifs is 1. The maximum atomic E-state index is 11.8. The monoisotopic (exact) mass is 500 g/mol. The van der Waals surface area contributed by atoms with Gasteiger partial charge in [0.25, 0.3) is 0 Å². The van der Waals surface area contributed by atoms with Crippen LogP contribution in [0, 0.1) is 0 Å². The lowest BCUT2D eigenvalue weighted by molar-refractivity contribution is -0.138. The molecule has 0 spiro atoms. The second-order valence-electron chi connectivity index (χ2n) is 10.5. The van der Waals surface area contributed by atoms with E-state index in [0.717, 1.165) is 61.9 Å². The second-order valence-corrected chi connectivity index (χ2v) is 10.5. The van der Waals surface area contributed by atoms with Gasteiger partial charge in [-0.25, -0.2) is 9.78 Å². The Hall–Kier alpha value is -2.66. The van der Waals surface area contributed by atoms with E-state index in [0.29, 0.717) is 43.8 Å². The number of nitrogens with zero attached hydrogens (tertiary/aromatic N) is 5. The van der Waals surface area contributed by atoms with Crippen LogP contribution in [0.2, 0.25) is 0 Å². The van der Waals surface area contributed by atoms with Crippen LogP contribution in [0.25, 0.3) is 11.2 Å². The third-order valence-corrected chi connectivity index (χ3v) is 7.67. The van der Waals surface area contributed by atoms with Crippen LogP contribution in [0.5, 0.6) is 0 Å². The third-order valence-electron chi connectivity index (χ3n) is 7.67. The lowest BCUT2D eigenvalue weighted by Crippen LogP contribution is -2.40. The highest BCUT2D eigenvalue weighted by molar-refractivity contribution is 5.84. The molecule has 3 heterocycles. The molecule has 36 heavy (non-hydrogen) atoms. The van der Waals surface area contributed by atoms with Gasteiger partial charge in [0, 0.05) is 37.3 Å². The van der Waals surface area contributed by atoms with Crippen molar-refractivity contribution < 1.29 is 14.4 Å². The number of nitrogens with two attached hydrogens (primary N) is 1. The quantitative estimate of drug-likeness (QED) is 0.457. The SMILES string of the molecule is CCCOC(=O)ON1CCC(Nc2nc(NC3CCC(N)CC3)nc3c2ncn3C2CCCC2)CC1. The maximum Gasteiger partial charge on any atom is 0.527 e. The van der Waals surface area contributed by atoms with Crippen molar-refractivity contribution in [2.24, 2.45) is 5.73 Å². The number of hydrogen-bond acceptors (Lipinski definition) is 10.